The summed E-state index contributed by atoms with van der Waals surface area (Å²) < 4.78 is 42.9. The van der Waals surface area contributed by atoms with Crippen molar-refractivity contribution in [3.63, 3.8) is 0 Å². The predicted molar refractivity (Wildman–Crippen MR) is 97.3 cm³/mol. The van der Waals surface area contributed by atoms with Gasteiger partial charge in [-0.05, 0) is 43.2 Å². The number of benzene rings is 2. The summed E-state index contributed by atoms with van der Waals surface area (Å²) in [5, 5.41) is 0. The Bertz CT molecular complexity index is 722. The summed E-state index contributed by atoms with van der Waals surface area (Å²) in [5.41, 5.74) is 6.64. The van der Waals surface area contributed by atoms with Crippen LogP contribution in [0.4, 0.5) is 14.5 Å². The van der Waals surface area contributed by atoms with E-state index in [0.717, 1.165) is 31.0 Å². The highest BCUT2D eigenvalue weighted by molar-refractivity contribution is 5.56. The van der Waals surface area contributed by atoms with Crippen LogP contribution in [0.2, 0.25) is 0 Å². The van der Waals surface area contributed by atoms with Gasteiger partial charge in [0, 0.05) is 18.2 Å². The molecule has 4 nitrogen and oxygen atoms in total. The highest BCUT2D eigenvalue weighted by atomic mass is 19.1. The first-order valence-electron chi connectivity index (χ1n) is 8.38. The molecule has 0 fully saturated rings. The van der Waals surface area contributed by atoms with Crippen molar-refractivity contribution < 1.29 is 23.0 Å². The average molecular weight is 363 g/mol. The second kappa shape index (κ2) is 10.4. The zero-order chi connectivity index (χ0) is 18.8. The van der Waals surface area contributed by atoms with Gasteiger partial charge in [-0.2, -0.15) is 0 Å². The smallest absolute Gasteiger partial charge is 0.142 e. The highest BCUT2D eigenvalue weighted by Gasteiger charge is 2.05. The molecule has 0 aliphatic rings. The molecule has 0 unspecified atom stereocenters. The van der Waals surface area contributed by atoms with Gasteiger partial charge < -0.3 is 19.9 Å². The molecule has 0 amide bonds. The molecule has 140 valence electrons. The number of unbranched alkanes of at least 4 members (excludes halogenated alkanes) is 1. The van der Waals surface area contributed by atoms with E-state index in [1.807, 2.05) is 0 Å². The summed E-state index contributed by atoms with van der Waals surface area (Å²) in [6, 6.07) is 8.57. The molecule has 0 bridgehead atoms. The lowest BCUT2D eigenvalue weighted by molar-refractivity contribution is 0.111. The van der Waals surface area contributed by atoms with Crippen molar-refractivity contribution in [3.8, 4) is 11.5 Å². The number of hydrogen-bond acceptors (Lipinski definition) is 4. The first-order chi connectivity index (χ1) is 12.6. The molecule has 0 aliphatic carbocycles. The Morgan fingerprint density at radius 2 is 1.81 bits per heavy atom. The summed E-state index contributed by atoms with van der Waals surface area (Å²) in [4.78, 5) is 0. The minimum atomic E-state index is -0.475. The van der Waals surface area contributed by atoms with E-state index in [9.17, 15) is 8.78 Å². The van der Waals surface area contributed by atoms with Crippen LogP contribution in [-0.2, 0) is 11.3 Å². The van der Waals surface area contributed by atoms with Crippen molar-refractivity contribution in [2.45, 2.75) is 19.4 Å². The fourth-order valence-corrected chi connectivity index (χ4v) is 2.23. The molecule has 2 N–H and O–H groups in total. The van der Waals surface area contributed by atoms with Gasteiger partial charge in [0.25, 0.3) is 0 Å². The minimum absolute atomic E-state index is 0.0452. The minimum Gasteiger partial charge on any atom is -0.491 e. The lowest BCUT2D eigenvalue weighted by atomic mass is 10.2. The standard InChI is InChI=1S/C20H23F2NO3/c1-2-9-25-17-6-8-20(19(23)13-17)26-11-4-3-10-24-14-15-12-16(21)5-7-18(15)22/h2,5-8,12-13H,1,3-4,9-11,14,23H2. The molecule has 6 heteroatoms. The van der Waals surface area contributed by atoms with Crippen molar-refractivity contribution in [1.82, 2.24) is 0 Å². The van der Waals surface area contributed by atoms with Crippen LogP contribution in [0.5, 0.6) is 11.5 Å². The van der Waals surface area contributed by atoms with Gasteiger partial charge in [0.1, 0.15) is 29.7 Å². The van der Waals surface area contributed by atoms with E-state index in [2.05, 4.69) is 6.58 Å². The fraction of sp³-hybridized carbons (Fsp3) is 0.300. The van der Waals surface area contributed by atoms with Gasteiger partial charge in [0.2, 0.25) is 0 Å². The zero-order valence-corrected chi connectivity index (χ0v) is 14.5. The molecule has 2 aromatic rings. The maximum Gasteiger partial charge on any atom is 0.142 e. The number of nitrogen functional groups attached to an aromatic ring is 1. The van der Waals surface area contributed by atoms with Crippen LogP contribution in [0.25, 0.3) is 0 Å². The number of hydrogen-bond donors (Lipinski definition) is 1. The molecule has 0 atom stereocenters. The summed E-state index contributed by atoms with van der Waals surface area (Å²) >= 11 is 0. The molecule has 0 saturated heterocycles. The van der Waals surface area contributed by atoms with Crippen LogP contribution in [0.1, 0.15) is 18.4 Å². The Kier molecular flexibility index (Phi) is 7.89. The fourth-order valence-electron chi connectivity index (χ4n) is 2.23. The van der Waals surface area contributed by atoms with Gasteiger partial charge in [0.15, 0.2) is 0 Å². The van der Waals surface area contributed by atoms with E-state index >= 15 is 0 Å². The van der Waals surface area contributed by atoms with E-state index in [4.69, 9.17) is 19.9 Å². The number of halogens is 2. The largest absolute Gasteiger partial charge is 0.491 e. The Labute approximate surface area is 152 Å². The Hall–Kier alpha value is -2.60. The van der Waals surface area contributed by atoms with Gasteiger partial charge in [0.05, 0.1) is 18.9 Å². The van der Waals surface area contributed by atoms with Gasteiger partial charge >= 0.3 is 0 Å². The molecule has 0 heterocycles. The van der Waals surface area contributed by atoms with Gasteiger partial charge in [-0.25, -0.2) is 8.78 Å². The maximum absolute atomic E-state index is 13.4. The Morgan fingerprint density at radius 1 is 1.00 bits per heavy atom. The molecule has 26 heavy (non-hydrogen) atoms. The van der Waals surface area contributed by atoms with Crippen molar-refractivity contribution in [3.05, 3.63) is 66.3 Å². The average Bonchev–Trinajstić information content (AvgIpc) is 2.63. The Morgan fingerprint density at radius 3 is 2.58 bits per heavy atom. The zero-order valence-electron chi connectivity index (χ0n) is 14.5. The van der Waals surface area contributed by atoms with Crippen LogP contribution in [0.3, 0.4) is 0 Å². The molecule has 0 aromatic heterocycles. The summed E-state index contributed by atoms with van der Waals surface area (Å²) in [5.74, 6) is 0.314. The van der Waals surface area contributed by atoms with Crippen LogP contribution in [0, 0.1) is 11.6 Å². The maximum atomic E-state index is 13.4. The van der Waals surface area contributed by atoms with Crippen molar-refractivity contribution in [2.24, 2.45) is 0 Å². The van der Waals surface area contributed by atoms with Crippen LogP contribution < -0.4 is 15.2 Å². The molecule has 2 aromatic carbocycles. The van der Waals surface area contributed by atoms with Gasteiger partial charge in [-0.3, -0.25) is 0 Å². The molecular weight excluding hydrogens is 340 g/mol. The van der Waals surface area contributed by atoms with Crippen molar-refractivity contribution in [1.29, 1.82) is 0 Å². The molecular formula is C20H23F2NO3. The Balaban J connectivity index is 1.63. The molecule has 0 aliphatic heterocycles. The third kappa shape index (κ3) is 6.37. The molecule has 0 spiro atoms. The number of ether oxygens (including phenoxy) is 3. The van der Waals surface area contributed by atoms with E-state index in [0.29, 0.717) is 37.0 Å². The topological polar surface area (TPSA) is 53.7 Å². The van der Waals surface area contributed by atoms with E-state index in [-0.39, 0.29) is 12.2 Å². The van der Waals surface area contributed by atoms with Gasteiger partial charge in [-0.1, -0.05) is 12.7 Å². The predicted octanol–water partition coefficient (Wildman–Crippen LogP) is 4.49. The van der Waals surface area contributed by atoms with E-state index in [1.165, 1.54) is 0 Å². The lowest BCUT2D eigenvalue weighted by Crippen LogP contribution is -2.04. The number of rotatable bonds is 11. The first kappa shape index (κ1) is 19.7. The quantitative estimate of drug-likeness (QED) is 0.363. The molecule has 0 saturated carbocycles. The van der Waals surface area contributed by atoms with E-state index in [1.54, 1.807) is 24.3 Å². The third-order valence-corrected chi connectivity index (χ3v) is 3.56. The summed E-state index contributed by atoms with van der Waals surface area (Å²) in [6.07, 6.45) is 3.14. The van der Waals surface area contributed by atoms with Crippen LogP contribution >= 0.6 is 0 Å². The van der Waals surface area contributed by atoms with Gasteiger partial charge in [-0.15, -0.1) is 0 Å². The monoisotopic (exact) mass is 363 g/mol. The lowest BCUT2D eigenvalue weighted by Gasteiger charge is -2.11. The normalized spacial score (nSPS) is 10.5. The molecule has 2 rings (SSSR count). The van der Waals surface area contributed by atoms with E-state index < -0.39 is 11.6 Å². The van der Waals surface area contributed by atoms with Crippen molar-refractivity contribution >= 4 is 5.69 Å². The molecule has 0 radical (unpaired) electrons. The summed E-state index contributed by atoms with van der Waals surface area (Å²) in [6.45, 7) is 4.96. The number of anilines is 1. The third-order valence-electron chi connectivity index (χ3n) is 3.56. The number of nitrogens with two attached hydrogens (primary N) is 1. The second-order valence-corrected chi connectivity index (χ2v) is 5.64. The SMILES string of the molecule is C=CCOc1ccc(OCCCCOCc2cc(F)ccc2F)c(N)c1. The highest BCUT2D eigenvalue weighted by Crippen LogP contribution is 2.26. The second-order valence-electron chi connectivity index (χ2n) is 5.64. The van der Waals surface area contributed by atoms with Crippen molar-refractivity contribution in [2.75, 3.05) is 25.6 Å². The van der Waals surface area contributed by atoms with Crippen LogP contribution in [-0.4, -0.2) is 19.8 Å². The summed E-state index contributed by atoms with van der Waals surface area (Å²) in [7, 11) is 0. The van der Waals surface area contributed by atoms with Crippen LogP contribution in [0.15, 0.2) is 49.1 Å². The first-order valence-corrected chi connectivity index (χ1v) is 8.38.